The number of carbonyl (C=O) groups is 1. The maximum absolute atomic E-state index is 11.9. The number of aromatic amines is 1. The molecule has 1 atom stereocenters. The van der Waals surface area contributed by atoms with Crippen LogP contribution in [0.15, 0.2) is 6.33 Å². The summed E-state index contributed by atoms with van der Waals surface area (Å²) in [6, 6.07) is 0. The van der Waals surface area contributed by atoms with Gasteiger partial charge in [0.1, 0.15) is 6.33 Å². The van der Waals surface area contributed by atoms with Crippen LogP contribution in [0.25, 0.3) is 0 Å². The first-order chi connectivity index (χ1) is 7.81. The molecule has 7 heteroatoms. The van der Waals surface area contributed by atoms with Crippen LogP contribution in [-0.2, 0) is 4.74 Å². The van der Waals surface area contributed by atoms with E-state index >= 15 is 0 Å². The van der Waals surface area contributed by atoms with Gasteiger partial charge < -0.3 is 15.4 Å². The van der Waals surface area contributed by atoms with Gasteiger partial charge >= 0.3 is 0 Å². The largest absolute Gasteiger partial charge is 0.374 e. The number of H-pyrrole nitrogens is 1. The Kier molecular flexibility index (Phi) is 3.47. The molecule has 1 aromatic rings. The summed E-state index contributed by atoms with van der Waals surface area (Å²) in [5.74, 6) is 0.135. The zero-order chi connectivity index (χ0) is 11.4. The molecule has 0 bridgehead atoms. The van der Waals surface area contributed by atoms with Gasteiger partial charge in [-0.25, -0.2) is 4.98 Å². The average Bonchev–Trinajstić information content (AvgIpc) is 2.82. The summed E-state index contributed by atoms with van der Waals surface area (Å²) in [6.45, 7) is 2.26. The van der Waals surface area contributed by atoms with Gasteiger partial charge in [0, 0.05) is 13.1 Å². The molecule has 2 heterocycles. The van der Waals surface area contributed by atoms with E-state index in [2.05, 4.69) is 15.2 Å². The smallest absolute Gasteiger partial charge is 0.291 e. The Labute approximate surface area is 93.0 Å². The molecule has 1 fully saturated rings. The summed E-state index contributed by atoms with van der Waals surface area (Å²) in [5, 5.41) is 6.22. The average molecular weight is 225 g/mol. The van der Waals surface area contributed by atoms with Crippen molar-refractivity contribution in [2.75, 3.05) is 26.2 Å². The third-order valence-electron chi connectivity index (χ3n) is 2.53. The predicted octanol–water partition coefficient (Wildman–Crippen LogP) is -1.01. The quantitative estimate of drug-likeness (QED) is 0.687. The molecule has 1 unspecified atom stereocenters. The normalized spacial score (nSPS) is 21.1. The van der Waals surface area contributed by atoms with Gasteiger partial charge in [-0.15, -0.1) is 0 Å². The number of nitrogens with zero attached hydrogens (tertiary/aromatic N) is 3. The van der Waals surface area contributed by atoms with Crippen molar-refractivity contribution in [2.24, 2.45) is 5.73 Å². The first-order valence-corrected chi connectivity index (χ1v) is 5.27. The summed E-state index contributed by atoms with van der Waals surface area (Å²) in [5.41, 5.74) is 5.46. The van der Waals surface area contributed by atoms with Crippen molar-refractivity contribution in [1.82, 2.24) is 20.1 Å². The maximum atomic E-state index is 11.9. The lowest BCUT2D eigenvalue weighted by Crippen LogP contribution is -2.46. The Hall–Kier alpha value is -1.47. The first kappa shape index (κ1) is 11.0. The van der Waals surface area contributed by atoms with Gasteiger partial charge in [0.25, 0.3) is 5.91 Å². The molecule has 3 N–H and O–H groups in total. The second kappa shape index (κ2) is 5.04. The summed E-state index contributed by atoms with van der Waals surface area (Å²) in [7, 11) is 0. The lowest BCUT2D eigenvalue weighted by molar-refractivity contribution is -0.0240. The molecule has 7 nitrogen and oxygen atoms in total. The molecule has 0 spiro atoms. The van der Waals surface area contributed by atoms with Gasteiger partial charge in [-0.05, 0) is 13.0 Å². The molecule has 1 aliphatic heterocycles. The molecule has 2 rings (SSSR count). The molecule has 1 amide bonds. The first-order valence-electron chi connectivity index (χ1n) is 5.27. The maximum Gasteiger partial charge on any atom is 0.291 e. The molecule has 1 aliphatic rings. The third kappa shape index (κ3) is 2.37. The van der Waals surface area contributed by atoms with Crippen molar-refractivity contribution in [3.8, 4) is 0 Å². The zero-order valence-corrected chi connectivity index (χ0v) is 8.93. The highest BCUT2D eigenvalue weighted by Crippen LogP contribution is 2.09. The molecular formula is C9H15N5O2. The van der Waals surface area contributed by atoms with Gasteiger partial charge in [-0.1, -0.05) is 0 Å². The SMILES string of the molecule is NCCC1CN(C(=O)c2ncn[nH]2)CCO1. The number of aromatic nitrogens is 3. The molecule has 1 aromatic heterocycles. The Bertz CT molecular complexity index is 338. The summed E-state index contributed by atoms with van der Waals surface area (Å²) in [4.78, 5) is 17.5. The van der Waals surface area contributed by atoms with Crippen LogP contribution in [0.3, 0.4) is 0 Å². The van der Waals surface area contributed by atoms with E-state index in [1.807, 2.05) is 0 Å². The van der Waals surface area contributed by atoms with Gasteiger partial charge in [-0.3, -0.25) is 9.89 Å². The molecule has 88 valence electrons. The summed E-state index contributed by atoms with van der Waals surface area (Å²) >= 11 is 0. The van der Waals surface area contributed by atoms with Crippen LogP contribution in [0.4, 0.5) is 0 Å². The zero-order valence-electron chi connectivity index (χ0n) is 8.93. The molecule has 0 saturated carbocycles. The number of hydrogen-bond donors (Lipinski definition) is 2. The van der Waals surface area contributed by atoms with E-state index < -0.39 is 0 Å². The molecular weight excluding hydrogens is 210 g/mol. The Morgan fingerprint density at radius 3 is 3.31 bits per heavy atom. The Morgan fingerprint density at radius 2 is 2.62 bits per heavy atom. The topological polar surface area (TPSA) is 97.1 Å². The summed E-state index contributed by atoms with van der Waals surface area (Å²) in [6.07, 6.45) is 2.12. The standard InChI is InChI=1S/C9H15N5O2/c10-2-1-7-5-14(3-4-16-7)9(15)8-11-6-12-13-8/h6-7H,1-5,10H2,(H,11,12,13). The third-order valence-corrected chi connectivity index (χ3v) is 2.53. The van der Waals surface area contributed by atoms with Crippen molar-refractivity contribution >= 4 is 5.91 Å². The molecule has 16 heavy (non-hydrogen) atoms. The predicted molar refractivity (Wildman–Crippen MR) is 55.7 cm³/mol. The second-order valence-electron chi connectivity index (χ2n) is 3.66. The van der Waals surface area contributed by atoms with E-state index in [-0.39, 0.29) is 17.8 Å². The minimum absolute atomic E-state index is 0.0330. The van der Waals surface area contributed by atoms with Gasteiger partial charge in [0.2, 0.25) is 5.82 Å². The van der Waals surface area contributed by atoms with Crippen LogP contribution in [0.1, 0.15) is 17.0 Å². The number of ether oxygens (including phenoxy) is 1. The molecule has 0 aliphatic carbocycles. The van der Waals surface area contributed by atoms with E-state index in [4.69, 9.17) is 10.5 Å². The van der Waals surface area contributed by atoms with Crippen LogP contribution in [-0.4, -0.2) is 58.3 Å². The van der Waals surface area contributed by atoms with Gasteiger partial charge in [-0.2, -0.15) is 5.10 Å². The van der Waals surface area contributed by atoms with Crippen molar-refractivity contribution in [3.63, 3.8) is 0 Å². The van der Waals surface area contributed by atoms with Gasteiger partial charge in [0.05, 0.1) is 12.7 Å². The number of amides is 1. The van der Waals surface area contributed by atoms with Crippen molar-refractivity contribution in [1.29, 1.82) is 0 Å². The number of nitrogens with one attached hydrogen (secondary N) is 1. The van der Waals surface area contributed by atoms with Crippen LogP contribution in [0, 0.1) is 0 Å². The minimum atomic E-state index is -0.136. The Morgan fingerprint density at radius 1 is 1.75 bits per heavy atom. The highest BCUT2D eigenvalue weighted by molar-refractivity contribution is 5.90. The monoisotopic (exact) mass is 225 g/mol. The van der Waals surface area contributed by atoms with E-state index in [1.54, 1.807) is 4.90 Å². The molecule has 1 saturated heterocycles. The highest BCUT2D eigenvalue weighted by atomic mass is 16.5. The van der Waals surface area contributed by atoms with E-state index in [0.29, 0.717) is 26.2 Å². The Balaban J connectivity index is 1.96. The second-order valence-corrected chi connectivity index (χ2v) is 3.66. The minimum Gasteiger partial charge on any atom is -0.374 e. The fourth-order valence-corrected chi connectivity index (χ4v) is 1.72. The van der Waals surface area contributed by atoms with E-state index in [9.17, 15) is 4.79 Å². The van der Waals surface area contributed by atoms with E-state index in [1.165, 1.54) is 6.33 Å². The highest BCUT2D eigenvalue weighted by Gasteiger charge is 2.25. The van der Waals surface area contributed by atoms with Crippen LogP contribution in [0.2, 0.25) is 0 Å². The van der Waals surface area contributed by atoms with Gasteiger partial charge in [0.15, 0.2) is 0 Å². The number of nitrogens with two attached hydrogens (primary N) is 1. The van der Waals surface area contributed by atoms with E-state index in [0.717, 1.165) is 6.42 Å². The van der Waals surface area contributed by atoms with Crippen LogP contribution >= 0.6 is 0 Å². The van der Waals surface area contributed by atoms with Crippen LogP contribution < -0.4 is 5.73 Å². The lowest BCUT2D eigenvalue weighted by atomic mass is 10.2. The van der Waals surface area contributed by atoms with Crippen molar-refractivity contribution in [3.05, 3.63) is 12.2 Å². The van der Waals surface area contributed by atoms with Crippen molar-refractivity contribution < 1.29 is 9.53 Å². The van der Waals surface area contributed by atoms with Crippen molar-refractivity contribution in [2.45, 2.75) is 12.5 Å². The number of hydrogen-bond acceptors (Lipinski definition) is 5. The summed E-state index contributed by atoms with van der Waals surface area (Å²) < 4.78 is 5.50. The van der Waals surface area contributed by atoms with Crippen LogP contribution in [0.5, 0.6) is 0 Å². The number of rotatable bonds is 3. The fraction of sp³-hybridized carbons (Fsp3) is 0.667. The molecule has 0 radical (unpaired) electrons. The lowest BCUT2D eigenvalue weighted by Gasteiger charge is -2.32. The number of carbonyl (C=O) groups excluding carboxylic acids is 1. The molecule has 0 aromatic carbocycles. The fourth-order valence-electron chi connectivity index (χ4n) is 1.72. The number of morpholine rings is 1.